The van der Waals surface area contributed by atoms with Gasteiger partial charge >= 0.3 is 0 Å². The van der Waals surface area contributed by atoms with Gasteiger partial charge in [0.15, 0.2) is 0 Å². The summed E-state index contributed by atoms with van der Waals surface area (Å²) in [5, 5.41) is 3.27. The second kappa shape index (κ2) is 6.80. The van der Waals surface area contributed by atoms with Gasteiger partial charge in [-0.1, -0.05) is 6.07 Å². The third-order valence-electron chi connectivity index (χ3n) is 4.14. The van der Waals surface area contributed by atoms with Gasteiger partial charge in [0.1, 0.15) is 5.75 Å². The maximum Gasteiger partial charge on any atom is 0.241 e. The minimum Gasteiger partial charge on any atom is -0.496 e. The summed E-state index contributed by atoms with van der Waals surface area (Å²) in [5.41, 5.74) is 2.19. The van der Waals surface area contributed by atoms with Crippen LogP contribution in [0.1, 0.15) is 24.9 Å². The Labute approximate surface area is 126 Å². The van der Waals surface area contributed by atoms with Crippen LogP contribution in [0.25, 0.3) is 0 Å². The Morgan fingerprint density at radius 2 is 2.10 bits per heavy atom. The lowest BCUT2D eigenvalue weighted by Gasteiger charge is -2.28. The van der Waals surface area contributed by atoms with E-state index in [4.69, 9.17) is 4.74 Å². The highest BCUT2D eigenvalue weighted by Gasteiger charge is 2.24. The molecule has 1 aromatic carbocycles. The number of likely N-dealkylation sites (N-methyl/N-ethyl adjacent to an activating group) is 1. The average Bonchev–Trinajstić information content (AvgIpc) is 2.67. The highest BCUT2D eigenvalue weighted by molar-refractivity contribution is 5.82. The first kappa shape index (κ1) is 15.6. The van der Waals surface area contributed by atoms with Crippen molar-refractivity contribution in [3.63, 3.8) is 0 Å². The van der Waals surface area contributed by atoms with Crippen LogP contribution in [0.3, 0.4) is 0 Å². The highest BCUT2D eigenvalue weighted by atomic mass is 16.5. The molecule has 1 amide bonds. The fourth-order valence-electron chi connectivity index (χ4n) is 2.76. The highest BCUT2D eigenvalue weighted by Crippen LogP contribution is 2.34. The van der Waals surface area contributed by atoms with Crippen molar-refractivity contribution in [2.75, 3.05) is 45.7 Å². The number of hydrogen-bond donors (Lipinski definition) is 1. The molecule has 1 fully saturated rings. The number of anilines is 1. The minimum atomic E-state index is 0.159. The Balaban J connectivity index is 2.40. The van der Waals surface area contributed by atoms with Gasteiger partial charge < -0.3 is 19.9 Å². The molecular weight excluding hydrogens is 266 g/mol. The van der Waals surface area contributed by atoms with Crippen molar-refractivity contribution in [1.29, 1.82) is 0 Å². The van der Waals surface area contributed by atoms with E-state index in [1.54, 1.807) is 12.0 Å². The molecular formula is C16H25N3O2. The molecule has 1 aliphatic heterocycles. The Morgan fingerprint density at radius 1 is 1.33 bits per heavy atom. The molecule has 5 heteroatoms. The van der Waals surface area contributed by atoms with E-state index in [0.29, 0.717) is 6.54 Å². The van der Waals surface area contributed by atoms with E-state index in [9.17, 15) is 4.79 Å². The number of carbonyl (C=O) groups excluding carboxylic acids is 1. The first-order valence-electron chi connectivity index (χ1n) is 7.41. The van der Waals surface area contributed by atoms with E-state index >= 15 is 0 Å². The van der Waals surface area contributed by atoms with Crippen LogP contribution in [0.5, 0.6) is 5.75 Å². The summed E-state index contributed by atoms with van der Waals surface area (Å²) in [6.45, 7) is 4.23. The number of carbonyl (C=O) groups is 1. The van der Waals surface area contributed by atoms with Crippen molar-refractivity contribution in [3.05, 3.63) is 23.8 Å². The molecule has 0 aliphatic carbocycles. The van der Waals surface area contributed by atoms with Gasteiger partial charge in [0.25, 0.3) is 0 Å². The molecule has 0 bridgehead atoms. The number of nitrogens with zero attached hydrogens (tertiary/aromatic N) is 2. The molecule has 1 saturated heterocycles. The van der Waals surface area contributed by atoms with Crippen LogP contribution in [-0.4, -0.2) is 51.6 Å². The van der Waals surface area contributed by atoms with Gasteiger partial charge in [-0.15, -0.1) is 0 Å². The SMILES string of the molecule is CNC(C)c1c(OC)cccc1N1CCCN(C)C(=O)C1. The maximum atomic E-state index is 12.1. The van der Waals surface area contributed by atoms with Gasteiger partial charge in [0.05, 0.1) is 13.7 Å². The lowest BCUT2D eigenvalue weighted by Crippen LogP contribution is -2.35. The standard InChI is InChI=1S/C16H25N3O2/c1-12(17-2)16-13(7-5-8-14(16)21-4)19-10-6-9-18(3)15(20)11-19/h5,7-8,12,17H,6,9-11H2,1-4H3. The average molecular weight is 291 g/mol. The molecule has 5 nitrogen and oxygen atoms in total. The van der Waals surface area contributed by atoms with Crippen LogP contribution in [0.2, 0.25) is 0 Å². The van der Waals surface area contributed by atoms with Gasteiger partial charge in [0, 0.05) is 37.4 Å². The van der Waals surface area contributed by atoms with E-state index in [1.807, 2.05) is 26.2 Å². The van der Waals surface area contributed by atoms with E-state index in [0.717, 1.165) is 36.5 Å². The zero-order valence-electron chi connectivity index (χ0n) is 13.3. The van der Waals surface area contributed by atoms with Crippen molar-refractivity contribution >= 4 is 11.6 Å². The summed E-state index contributed by atoms with van der Waals surface area (Å²) >= 11 is 0. The normalized spacial score (nSPS) is 17.6. The summed E-state index contributed by atoms with van der Waals surface area (Å²) in [4.78, 5) is 16.1. The van der Waals surface area contributed by atoms with Gasteiger partial charge in [-0.2, -0.15) is 0 Å². The Kier molecular flexibility index (Phi) is 5.07. The lowest BCUT2D eigenvalue weighted by molar-refractivity contribution is -0.127. The topological polar surface area (TPSA) is 44.8 Å². The molecule has 21 heavy (non-hydrogen) atoms. The lowest BCUT2D eigenvalue weighted by atomic mass is 10.0. The quantitative estimate of drug-likeness (QED) is 0.916. The maximum absolute atomic E-state index is 12.1. The number of amides is 1. The van der Waals surface area contributed by atoms with Crippen LogP contribution < -0.4 is 15.0 Å². The first-order chi connectivity index (χ1) is 10.1. The van der Waals surface area contributed by atoms with Crippen LogP contribution >= 0.6 is 0 Å². The number of hydrogen-bond acceptors (Lipinski definition) is 4. The molecule has 1 aromatic rings. The number of nitrogens with one attached hydrogen (secondary N) is 1. The van der Waals surface area contributed by atoms with E-state index in [-0.39, 0.29) is 11.9 Å². The Hall–Kier alpha value is -1.75. The molecule has 1 unspecified atom stereocenters. The Morgan fingerprint density at radius 3 is 2.76 bits per heavy atom. The molecule has 1 aliphatic rings. The molecule has 2 rings (SSSR count). The van der Waals surface area contributed by atoms with Gasteiger partial charge in [0.2, 0.25) is 5.91 Å². The predicted molar refractivity (Wildman–Crippen MR) is 84.9 cm³/mol. The monoisotopic (exact) mass is 291 g/mol. The van der Waals surface area contributed by atoms with E-state index in [2.05, 4.69) is 23.2 Å². The number of ether oxygens (including phenoxy) is 1. The van der Waals surface area contributed by atoms with Crippen LogP contribution in [0.4, 0.5) is 5.69 Å². The van der Waals surface area contributed by atoms with Crippen molar-refractivity contribution in [2.45, 2.75) is 19.4 Å². The third kappa shape index (κ3) is 3.29. The largest absolute Gasteiger partial charge is 0.496 e. The van der Waals surface area contributed by atoms with Crippen molar-refractivity contribution in [1.82, 2.24) is 10.2 Å². The summed E-state index contributed by atoms with van der Waals surface area (Å²) in [7, 11) is 5.49. The zero-order chi connectivity index (χ0) is 15.4. The van der Waals surface area contributed by atoms with Gasteiger partial charge in [-0.05, 0) is 32.5 Å². The molecule has 0 spiro atoms. The second-order valence-electron chi connectivity index (χ2n) is 5.49. The summed E-state index contributed by atoms with van der Waals surface area (Å²) < 4.78 is 5.52. The molecule has 0 saturated carbocycles. The van der Waals surface area contributed by atoms with Crippen LogP contribution in [0.15, 0.2) is 18.2 Å². The van der Waals surface area contributed by atoms with Gasteiger partial charge in [-0.3, -0.25) is 4.79 Å². The fourth-order valence-corrected chi connectivity index (χ4v) is 2.76. The Bertz CT molecular complexity index is 504. The third-order valence-corrected chi connectivity index (χ3v) is 4.14. The molecule has 116 valence electrons. The molecule has 1 atom stereocenters. The van der Waals surface area contributed by atoms with Crippen LogP contribution in [0, 0.1) is 0 Å². The van der Waals surface area contributed by atoms with Gasteiger partial charge in [-0.25, -0.2) is 0 Å². The second-order valence-corrected chi connectivity index (χ2v) is 5.49. The number of benzene rings is 1. The smallest absolute Gasteiger partial charge is 0.241 e. The molecule has 1 heterocycles. The zero-order valence-corrected chi connectivity index (χ0v) is 13.3. The van der Waals surface area contributed by atoms with E-state index in [1.165, 1.54) is 0 Å². The molecule has 0 radical (unpaired) electrons. The van der Waals surface area contributed by atoms with Crippen molar-refractivity contribution < 1.29 is 9.53 Å². The summed E-state index contributed by atoms with van der Waals surface area (Å²) in [6, 6.07) is 6.19. The van der Waals surface area contributed by atoms with Crippen LogP contribution in [-0.2, 0) is 4.79 Å². The summed E-state index contributed by atoms with van der Waals surface area (Å²) in [5.74, 6) is 1.03. The predicted octanol–water partition coefficient (Wildman–Crippen LogP) is 1.64. The van der Waals surface area contributed by atoms with E-state index < -0.39 is 0 Å². The van der Waals surface area contributed by atoms with Crippen molar-refractivity contribution in [3.8, 4) is 5.75 Å². The minimum absolute atomic E-state index is 0.159. The number of methoxy groups -OCH3 is 1. The number of rotatable bonds is 4. The van der Waals surface area contributed by atoms with Crippen molar-refractivity contribution in [2.24, 2.45) is 0 Å². The fraction of sp³-hybridized carbons (Fsp3) is 0.562. The molecule has 1 N–H and O–H groups in total. The molecule has 0 aromatic heterocycles. The first-order valence-corrected chi connectivity index (χ1v) is 7.41. The summed E-state index contributed by atoms with van der Waals surface area (Å²) in [6.07, 6.45) is 0.979.